The summed E-state index contributed by atoms with van der Waals surface area (Å²) in [6.07, 6.45) is 2.44. The zero-order valence-corrected chi connectivity index (χ0v) is 12.1. The minimum Gasteiger partial charge on any atom is -0.489 e. The normalized spacial score (nSPS) is 10.4. The van der Waals surface area contributed by atoms with Gasteiger partial charge in [0.15, 0.2) is 0 Å². The minimum atomic E-state index is 0.618. The van der Waals surface area contributed by atoms with Crippen LogP contribution in [-0.2, 0) is 13.2 Å². The zero-order valence-electron chi connectivity index (χ0n) is 12.1. The van der Waals surface area contributed by atoms with Crippen molar-refractivity contribution in [2.75, 3.05) is 6.54 Å². The van der Waals surface area contributed by atoms with Gasteiger partial charge in [0.1, 0.15) is 12.4 Å². The molecule has 0 spiro atoms. The Bertz CT molecular complexity index is 496. The van der Waals surface area contributed by atoms with Crippen LogP contribution in [0.3, 0.4) is 0 Å². The maximum absolute atomic E-state index is 5.94. The van der Waals surface area contributed by atoms with E-state index in [4.69, 9.17) is 4.74 Å². The lowest BCUT2D eigenvalue weighted by molar-refractivity contribution is 0.302. The standard InChI is InChI=1S/C18H23NO/c1-2-3-13-19-14-17-11-7-8-12-18(17)20-15-16-9-5-4-6-10-16/h4-12,19H,2-3,13-15H2,1H3. The van der Waals surface area contributed by atoms with Crippen LogP contribution in [0, 0.1) is 0 Å². The second-order valence-electron chi connectivity index (χ2n) is 4.91. The smallest absolute Gasteiger partial charge is 0.124 e. The molecular weight excluding hydrogens is 246 g/mol. The summed E-state index contributed by atoms with van der Waals surface area (Å²) >= 11 is 0. The topological polar surface area (TPSA) is 21.3 Å². The Morgan fingerprint density at radius 3 is 2.50 bits per heavy atom. The molecule has 2 rings (SSSR count). The summed E-state index contributed by atoms with van der Waals surface area (Å²) in [4.78, 5) is 0. The van der Waals surface area contributed by atoms with E-state index in [1.54, 1.807) is 0 Å². The summed E-state index contributed by atoms with van der Waals surface area (Å²) < 4.78 is 5.94. The number of unbranched alkanes of at least 4 members (excludes halogenated alkanes) is 1. The molecule has 106 valence electrons. The van der Waals surface area contributed by atoms with E-state index in [9.17, 15) is 0 Å². The summed E-state index contributed by atoms with van der Waals surface area (Å²) in [5.74, 6) is 0.973. The monoisotopic (exact) mass is 269 g/mol. The van der Waals surface area contributed by atoms with Crippen molar-refractivity contribution in [1.82, 2.24) is 5.32 Å². The molecule has 20 heavy (non-hydrogen) atoms. The first-order chi connectivity index (χ1) is 9.90. The zero-order chi connectivity index (χ0) is 14.0. The molecule has 2 heteroatoms. The molecule has 0 saturated heterocycles. The van der Waals surface area contributed by atoms with Gasteiger partial charge in [-0.05, 0) is 24.6 Å². The minimum absolute atomic E-state index is 0.618. The number of hydrogen-bond acceptors (Lipinski definition) is 2. The van der Waals surface area contributed by atoms with E-state index in [0.717, 1.165) is 18.8 Å². The van der Waals surface area contributed by atoms with Crippen LogP contribution in [-0.4, -0.2) is 6.54 Å². The maximum Gasteiger partial charge on any atom is 0.124 e. The molecule has 0 atom stereocenters. The maximum atomic E-state index is 5.94. The third kappa shape index (κ3) is 4.71. The molecule has 0 aliphatic rings. The molecule has 1 N–H and O–H groups in total. The quantitative estimate of drug-likeness (QED) is 0.727. The molecule has 0 unspecified atom stereocenters. The molecule has 0 amide bonds. The van der Waals surface area contributed by atoms with Crippen LogP contribution in [0.5, 0.6) is 5.75 Å². The van der Waals surface area contributed by atoms with Gasteiger partial charge in [-0.15, -0.1) is 0 Å². The molecule has 0 fully saturated rings. The highest BCUT2D eigenvalue weighted by molar-refractivity contribution is 5.33. The highest BCUT2D eigenvalue weighted by Gasteiger charge is 2.02. The van der Waals surface area contributed by atoms with Gasteiger partial charge in [0.25, 0.3) is 0 Å². The molecule has 2 aromatic carbocycles. The average Bonchev–Trinajstić information content (AvgIpc) is 2.51. The lowest BCUT2D eigenvalue weighted by Gasteiger charge is -2.12. The lowest BCUT2D eigenvalue weighted by atomic mass is 10.2. The van der Waals surface area contributed by atoms with Gasteiger partial charge < -0.3 is 10.1 Å². The second-order valence-corrected chi connectivity index (χ2v) is 4.91. The molecule has 0 radical (unpaired) electrons. The molecule has 0 aliphatic carbocycles. The van der Waals surface area contributed by atoms with Gasteiger partial charge in [-0.2, -0.15) is 0 Å². The predicted molar refractivity (Wildman–Crippen MR) is 83.8 cm³/mol. The summed E-state index contributed by atoms with van der Waals surface area (Å²) in [7, 11) is 0. The third-order valence-electron chi connectivity index (χ3n) is 3.23. The molecule has 2 nitrogen and oxygen atoms in total. The number of para-hydroxylation sites is 1. The van der Waals surface area contributed by atoms with Crippen molar-refractivity contribution in [1.29, 1.82) is 0 Å². The Morgan fingerprint density at radius 2 is 1.70 bits per heavy atom. The molecule has 2 aromatic rings. The highest BCUT2D eigenvalue weighted by Crippen LogP contribution is 2.19. The molecule has 0 aromatic heterocycles. The lowest BCUT2D eigenvalue weighted by Crippen LogP contribution is -2.15. The molecule has 0 bridgehead atoms. The number of benzene rings is 2. The van der Waals surface area contributed by atoms with Gasteiger partial charge in [-0.3, -0.25) is 0 Å². The highest BCUT2D eigenvalue weighted by atomic mass is 16.5. The summed E-state index contributed by atoms with van der Waals surface area (Å²) in [5, 5.41) is 3.46. The molecular formula is C18H23NO. The Labute approximate surface area is 121 Å². The third-order valence-corrected chi connectivity index (χ3v) is 3.23. The van der Waals surface area contributed by atoms with Gasteiger partial charge in [0.2, 0.25) is 0 Å². The number of nitrogens with one attached hydrogen (secondary N) is 1. The van der Waals surface area contributed by atoms with E-state index in [0.29, 0.717) is 6.61 Å². The van der Waals surface area contributed by atoms with Gasteiger partial charge in [0, 0.05) is 12.1 Å². The first-order valence-corrected chi connectivity index (χ1v) is 7.35. The summed E-state index contributed by atoms with van der Waals surface area (Å²) in [5.41, 5.74) is 2.42. The van der Waals surface area contributed by atoms with Gasteiger partial charge in [-0.1, -0.05) is 61.9 Å². The van der Waals surface area contributed by atoms with E-state index < -0.39 is 0 Å². The molecule has 0 saturated carbocycles. The molecule has 0 heterocycles. The first-order valence-electron chi connectivity index (χ1n) is 7.35. The molecule has 0 aliphatic heterocycles. The van der Waals surface area contributed by atoms with Gasteiger partial charge >= 0.3 is 0 Å². The first kappa shape index (κ1) is 14.6. The summed E-state index contributed by atoms with van der Waals surface area (Å²) in [6, 6.07) is 18.5. The van der Waals surface area contributed by atoms with Crippen molar-refractivity contribution in [3.05, 3.63) is 65.7 Å². The van der Waals surface area contributed by atoms with Crippen LogP contribution in [0.2, 0.25) is 0 Å². The fourth-order valence-corrected chi connectivity index (χ4v) is 2.05. The van der Waals surface area contributed by atoms with Crippen LogP contribution < -0.4 is 10.1 Å². The van der Waals surface area contributed by atoms with E-state index in [2.05, 4.69) is 36.5 Å². The Balaban J connectivity index is 1.90. The van der Waals surface area contributed by atoms with E-state index in [1.807, 2.05) is 30.3 Å². The fraction of sp³-hybridized carbons (Fsp3) is 0.333. The van der Waals surface area contributed by atoms with Crippen molar-refractivity contribution in [3.8, 4) is 5.75 Å². The van der Waals surface area contributed by atoms with Crippen molar-refractivity contribution >= 4 is 0 Å². The van der Waals surface area contributed by atoms with Crippen molar-refractivity contribution in [3.63, 3.8) is 0 Å². The van der Waals surface area contributed by atoms with Crippen LogP contribution in [0.15, 0.2) is 54.6 Å². The van der Waals surface area contributed by atoms with Crippen LogP contribution >= 0.6 is 0 Å². The van der Waals surface area contributed by atoms with Crippen molar-refractivity contribution in [2.45, 2.75) is 32.9 Å². The van der Waals surface area contributed by atoms with Crippen molar-refractivity contribution in [2.24, 2.45) is 0 Å². The number of ether oxygens (including phenoxy) is 1. The second kappa shape index (κ2) is 8.39. The average molecular weight is 269 g/mol. The summed E-state index contributed by atoms with van der Waals surface area (Å²) in [6.45, 7) is 4.75. The Hall–Kier alpha value is -1.80. The van der Waals surface area contributed by atoms with Gasteiger partial charge in [0.05, 0.1) is 0 Å². The van der Waals surface area contributed by atoms with Crippen LogP contribution in [0.25, 0.3) is 0 Å². The van der Waals surface area contributed by atoms with E-state index in [-0.39, 0.29) is 0 Å². The predicted octanol–water partition coefficient (Wildman–Crippen LogP) is 4.16. The van der Waals surface area contributed by atoms with Gasteiger partial charge in [-0.25, -0.2) is 0 Å². The van der Waals surface area contributed by atoms with E-state index in [1.165, 1.54) is 24.0 Å². The largest absolute Gasteiger partial charge is 0.489 e. The Morgan fingerprint density at radius 1 is 0.950 bits per heavy atom. The van der Waals surface area contributed by atoms with Crippen molar-refractivity contribution < 1.29 is 4.74 Å². The van der Waals surface area contributed by atoms with E-state index >= 15 is 0 Å². The number of rotatable bonds is 8. The number of hydrogen-bond donors (Lipinski definition) is 1. The fourth-order valence-electron chi connectivity index (χ4n) is 2.05. The Kier molecular flexibility index (Phi) is 6.12. The van der Waals surface area contributed by atoms with Crippen LogP contribution in [0.1, 0.15) is 30.9 Å². The van der Waals surface area contributed by atoms with Crippen LogP contribution in [0.4, 0.5) is 0 Å². The SMILES string of the molecule is CCCCNCc1ccccc1OCc1ccccc1.